The molecular weight excluding hydrogens is 196 g/mol. The Hall–Kier alpha value is -1.36. The van der Waals surface area contributed by atoms with E-state index in [1.165, 1.54) is 6.07 Å². The Kier molecular flexibility index (Phi) is 3.85. The summed E-state index contributed by atoms with van der Waals surface area (Å²) in [4.78, 5) is 9.82. The second-order valence-electron chi connectivity index (χ2n) is 4.01. The van der Waals surface area contributed by atoms with Crippen molar-refractivity contribution in [2.45, 2.75) is 32.7 Å². The van der Waals surface area contributed by atoms with Gasteiger partial charge in [-0.15, -0.1) is 0 Å². The zero-order valence-electron chi connectivity index (χ0n) is 8.97. The number of rotatable bonds is 5. The first-order chi connectivity index (χ1) is 7.00. The fraction of sp³-hybridized carbons (Fsp3) is 0.600. The zero-order chi connectivity index (χ0) is 11.4. The van der Waals surface area contributed by atoms with Crippen LogP contribution in [0.15, 0.2) is 16.5 Å². The number of hydrogen-bond acceptors (Lipinski definition) is 4. The molecule has 1 heterocycles. The van der Waals surface area contributed by atoms with E-state index in [0.717, 1.165) is 12.8 Å². The Morgan fingerprint density at radius 3 is 2.60 bits per heavy atom. The first kappa shape index (κ1) is 11.7. The minimum absolute atomic E-state index is 0.245. The van der Waals surface area contributed by atoms with Gasteiger partial charge < -0.3 is 10.2 Å². The first-order valence-electron chi connectivity index (χ1n) is 5.00. The van der Waals surface area contributed by atoms with Crippen molar-refractivity contribution in [1.82, 2.24) is 0 Å². The molecular formula is C10H16N2O3. The van der Waals surface area contributed by atoms with E-state index in [2.05, 4.69) is 13.8 Å². The molecule has 0 amide bonds. The van der Waals surface area contributed by atoms with Crippen LogP contribution in [0.5, 0.6) is 0 Å². The smallest absolute Gasteiger partial charge is 0.404 e. The van der Waals surface area contributed by atoms with Gasteiger partial charge in [0.15, 0.2) is 0 Å². The number of nitrogens with zero attached hydrogens (tertiary/aromatic N) is 1. The van der Waals surface area contributed by atoms with Crippen molar-refractivity contribution in [3.05, 3.63) is 28.0 Å². The molecule has 1 aromatic heterocycles. The standard InChI is InChI=1S/C10H16N2O3/c1-7(2)3-4-8(11)9-5-6-10(15-9)12(13)14/h5-8H,3-4,11H2,1-2H3/t8-/m1/s1. The molecule has 0 unspecified atom stereocenters. The Balaban J connectivity index is 2.58. The van der Waals surface area contributed by atoms with E-state index in [-0.39, 0.29) is 11.9 Å². The summed E-state index contributed by atoms with van der Waals surface area (Å²) in [6.07, 6.45) is 1.76. The average molecular weight is 212 g/mol. The predicted molar refractivity (Wildman–Crippen MR) is 56.4 cm³/mol. The third-order valence-corrected chi connectivity index (χ3v) is 2.21. The Labute approximate surface area is 88.4 Å². The molecule has 0 saturated carbocycles. The van der Waals surface area contributed by atoms with Gasteiger partial charge in [0.25, 0.3) is 0 Å². The van der Waals surface area contributed by atoms with E-state index < -0.39 is 4.92 Å². The lowest BCUT2D eigenvalue weighted by Crippen LogP contribution is -2.10. The maximum atomic E-state index is 10.4. The molecule has 15 heavy (non-hydrogen) atoms. The summed E-state index contributed by atoms with van der Waals surface area (Å²) in [7, 11) is 0. The molecule has 0 aliphatic carbocycles. The fourth-order valence-corrected chi connectivity index (χ4v) is 1.29. The first-order valence-corrected chi connectivity index (χ1v) is 5.00. The highest BCUT2D eigenvalue weighted by atomic mass is 16.6. The van der Waals surface area contributed by atoms with Crippen molar-refractivity contribution >= 4 is 5.88 Å². The second kappa shape index (κ2) is 4.93. The van der Waals surface area contributed by atoms with Gasteiger partial charge in [-0.1, -0.05) is 13.8 Å². The highest BCUT2D eigenvalue weighted by Crippen LogP contribution is 2.24. The second-order valence-corrected chi connectivity index (χ2v) is 4.01. The number of nitro groups is 1. The molecule has 0 fully saturated rings. The highest BCUT2D eigenvalue weighted by Gasteiger charge is 2.16. The molecule has 1 rings (SSSR count). The quantitative estimate of drug-likeness (QED) is 0.600. The lowest BCUT2D eigenvalue weighted by Gasteiger charge is -2.09. The van der Waals surface area contributed by atoms with Gasteiger partial charge in [-0.05, 0) is 24.8 Å². The maximum Gasteiger partial charge on any atom is 0.433 e. The number of hydrogen-bond donors (Lipinski definition) is 1. The molecule has 0 aromatic carbocycles. The van der Waals surface area contributed by atoms with E-state index in [0.29, 0.717) is 11.7 Å². The molecule has 0 bridgehead atoms. The Morgan fingerprint density at radius 1 is 1.47 bits per heavy atom. The monoisotopic (exact) mass is 212 g/mol. The van der Waals surface area contributed by atoms with Gasteiger partial charge in [-0.3, -0.25) is 10.1 Å². The van der Waals surface area contributed by atoms with Gasteiger partial charge in [0.1, 0.15) is 10.7 Å². The minimum Gasteiger partial charge on any atom is -0.404 e. The molecule has 5 heteroatoms. The van der Waals surface area contributed by atoms with E-state index in [4.69, 9.17) is 10.2 Å². The zero-order valence-corrected chi connectivity index (χ0v) is 8.97. The lowest BCUT2D eigenvalue weighted by atomic mass is 10.0. The molecule has 0 spiro atoms. The van der Waals surface area contributed by atoms with Crippen molar-refractivity contribution in [3.63, 3.8) is 0 Å². The van der Waals surface area contributed by atoms with Crippen molar-refractivity contribution < 1.29 is 9.34 Å². The molecule has 0 saturated heterocycles. The normalized spacial score (nSPS) is 13.1. The van der Waals surface area contributed by atoms with Crippen molar-refractivity contribution in [1.29, 1.82) is 0 Å². The highest BCUT2D eigenvalue weighted by molar-refractivity contribution is 5.19. The van der Waals surface area contributed by atoms with Crippen LogP contribution >= 0.6 is 0 Å². The molecule has 84 valence electrons. The largest absolute Gasteiger partial charge is 0.433 e. The van der Waals surface area contributed by atoms with Crippen LogP contribution in [0, 0.1) is 16.0 Å². The van der Waals surface area contributed by atoms with Crippen LogP contribution in [-0.2, 0) is 0 Å². The number of furan rings is 1. The minimum atomic E-state index is -0.557. The van der Waals surface area contributed by atoms with E-state index in [9.17, 15) is 10.1 Å². The summed E-state index contributed by atoms with van der Waals surface area (Å²) < 4.78 is 5.02. The molecule has 5 nitrogen and oxygen atoms in total. The Bertz CT molecular complexity index is 333. The van der Waals surface area contributed by atoms with Gasteiger partial charge in [0.2, 0.25) is 0 Å². The van der Waals surface area contributed by atoms with Crippen LogP contribution in [0.1, 0.15) is 38.5 Å². The molecule has 0 radical (unpaired) electrons. The lowest BCUT2D eigenvalue weighted by molar-refractivity contribution is -0.402. The van der Waals surface area contributed by atoms with Gasteiger partial charge in [0.05, 0.1) is 12.1 Å². The van der Waals surface area contributed by atoms with Gasteiger partial charge in [-0.25, -0.2) is 0 Å². The van der Waals surface area contributed by atoms with Gasteiger partial charge in [-0.2, -0.15) is 0 Å². The van der Waals surface area contributed by atoms with Crippen LogP contribution in [0.25, 0.3) is 0 Å². The van der Waals surface area contributed by atoms with E-state index in [1.54, 1.807) is 6.07 Å². The van der Waals surface area contributed by atoms with Crippen molar-refractivity contribution in [3.8, 4) is 0 Å². The van der Waals surface area contributed by atoms with Crippen molar-refractivity contribution in [2.75, 3.05) is 0 Å². The summed E-state index contributed by atoms with van der Waals surface area (Å²) in [6, 6.07) is 2.66. The average Bonchev–Trinajstić information content (AvgIpc) is 2.62. The molecule has 2 N–H and O–H groups in total. The molecule has 1 aromatic rings. The third-order valence-electron chi connectivity index (χ3n) is 2.21. The Morgan fingerprint density at radius 2 is 2.13 bits per heavy atom. The SMILES string of the molecule is CC(C)CC[C@@H](N)c1ccc([N+](=O)[O-])o1. The predicted octanol–water partition coefficient (Wildman–Crippen LogP) is 2.62. The van der Waals surface area contributed by atoms with E-state index >= 15 is 0 Å². The summed E-state index contributed by atoms with van der Waals surface area (Å²) in [5, 5.41) is 10.4. The number of nitrogens with two attached hydrogens (primary N) is 1. The molecule has 1 atom stereocenters. The fourth-order valence-electron chi connectivity index (χ4n) is 1.29. The van der Waals surface area contributed by atoms with Crippen LogP contribution in [-0.4, -0.2) is 4.92 Å². The van der Waals surface area contributed by atoms with Gasteiger partial charge in [0, 0.05) is 0 Å². The summed E-state index contributed by atoms with van der Waals surface area (Å²) >= 11 is 0. The van der Waals surface area contributed by atoms with Gasteiger partial charge >= 0.3 is 5.88 Å². The summed E-state index contributed by atoms with van der Waals surface area (Å²) in [5.74, 6) is 0.813. The summed E-state index contributed by atoms with van der Waals surface area (Å²) in [5.41, 5.74) is 5.84. The van der Waals surface area contributed by atoms with Crippen LogP contribution in [0.4, 0.5) is 5.88 Å². The van der Waals surface area contributed by atoms with Crippen LogP contribution in [0.3, 0.4) is 0 Å². The maximum absolute atomic E-state index is 10.4. The van der Waals surface area contributed by atoms with E-state index in [1.807, 2.05) is 0 Å². The summed E-state index contributed by atoms with van der Waals surface area (Å²) in [6.45, 7) is 4.22. The third kappa shape index (κ3) is 3.36. The van der Waals surface area contributed by atoms with Crippen molar-refractivity contribution in [2.24, 2.45) is 11.7 Å². The topological polar surface area (TPSA) is 82.3 Å². The molecule has 0 aliphatic heterocycles. The molecule has 0 aliphatic rings. The van der Waals surface area contributed by atoms with Crippen LogP contribution in [0.2, 0.25) is 0 Å². The van der Waals surface area contributed by atoms with Crippen LogP contribution < -0.4 is 5.73 Å².